The third-order valence-electron chi connectivity index (χ3n) is 6.71. The van der Waals surface area contributed by atoms with Crippen LogP contribution >= 0.6 is 0 Å². The molecule has 1 N–H and O–H groups in total. The molecule has 0 heterocycles. The average Bonchev–Trinajstić information content (AvgIpc) is 2.91. The van der Waals surface area contributed by atoms with Crippen LogP contribution in [0.2, 0.25) is 0 Å². The van der Waals surface area contributed by atoms with Crippen molar-refractivity contribution >= 4 is 27.5 Å². The van der Waals surface area contributed by atoms with Gasteiger partial charge in [-0.1, -0.05) is 67.9 Å². The second-order valence-corrected chi connectivity index (χ2v) is 12.3. The molecule has 0 radical (unpaired) electrons. The number of sulfonamides is 1. The van der Waals surface area contributed by atoms with Crippen molar-refractivity contribution in [3.05, 3.63) is 95.1 Å². The second-order valence-electron chi connectivity index (χ2n) is 10.4. The van der Waals surface area contributed by atoms with E-state index in [0.29, 0.717) is 12.2 Å². The van der Waals surface area contributed by atoms with Crippen LogP contribution in [0.4, 0.5) is 5.69 Å². The van der Waals surface area contributed by atoms with Gasteiger partial charge in [-0.05, 0) is 74.6 Å². The zero-order valence-corrected chi connectivity index (χ0v) is 24.5. The number of carbonyl (C=O) groups excluding carboxylic acids is 2. The molecule has 0 saturated heterocycles. The van der Waals surface area contributed by atoms with E-state index in [2.05, 4.69) is 5.32 Å². The lowest BCUT2D eigenvalue weighted by molar-refractivity contribution is -0.139. The smallest absolute Gasteiger partial charge is 0.264 e. The predicted octanol–water partition coefficient (Wildman–Crippen LogP) is 5.00. The van der Waals surface area contributed by atoms with E-state index in [9.17, 15) is 18.0 Å². The molecule has 8 heteroatoms. The van der Waals surface area contributed by atoms with Crippen LogP contribution in [0, 0.1) is 26.7 Å². The number of anilines is 1. The minimum Gasteiger partial charge on any atom is -0.354 e. The third-order valence-corrected chi connectivity index (χ3v) is 8.50. The van der Waals surface area contributed by atoms with Gasteiger partial charge < -0.3 is 10.2 Å². The van der Waals surface area contributed by atoms with Gasteiger partial charge in [0, 0.05) is 13.1 Å². The summed E-state index contributed by atoms with van der Waals surface area (Å²) >= 11 is 0. The minimum absolute atomic E-state index is 0.0869. The van der Waals surface area contributed by atoms with Gasteiger partial charge in [-0.3, -0.25) is 13.9 Å². The third kappa shape index (κ3) is 7.69. The Hall–Kier alpha value is -3.65. The number of hydrogen-bond donors (Lipinski definition) is 1. The highest BCUT2D eigenvalue weighted by Crippen LogP contribution is 2.26. The molecule has 0 aromatic heterocycles. The van der Waals surface area contributed by atoms with Gasteiger partial charge in [-0.25, -0.2) is 8.42 Å². The van der Waals surface area contributed by atoms with Crippen molar-refractivity contribution in [3.63, 3.8) is 0 Å². The molecule has 39 heavy (non-hydrogen) atoms. The Morgan fingerprint density at radius 2 is 1.49 bits per heavy atom. The molecule has 0 aliphatic carbocycles. The molecule has 1 atom stereocenters. The molecule has 7 nitrogen and oxygen atoms in total. The first-order chi connectivity index (χ1) is 18.4. The van der Waals surface area contributed by atoms with Crippen LogP contribution < -0.4 is 9.62 Å². The maximum atomic E-state index is 14.0. The van der Waals surface area contributed by atoms with Gasteiger partial charge in [0.1, 0.15) is 12.6 Å². The first-order valence-corrected chi connectivity index (χ1v) is 14.6. The Morgan fingerprint density at radius 3 is 2.08 bits per heavy atom. The summed E-state index contributed by atoms with van der Waals surface area (Å²) in [7, 11) is -4.07. The van der Waals surface area contributed by atoms with E-state index in [-0.39, 0.29) is 23.3 Å². The Bertz CT molecular complexity index is 1390. The topological polar surface area (TPSA) is 86.8 Å². The lowest BCUT2D eigenvalue weighted by Crippen LogP contribution is -2.51. The molecule has 2 amide bonds. The summed E-state index contributed by atoms with van der Waals surface area (Å²) in [6.45, 7) is 11.7. The van der Waals surface area contributed by atoms with Crippen LogP contribution in [0.3, 0.4) is 0 Å². The van der Waals surface area contributed by atoms with Crippen LogP contribution in [0.15, 0.2) is 77.7 Å². The van der Waals surface area contributed by atoms with Gasteiger partial charge in [0.15, 0.2) is 0 Å². The number of nitrogens with zero attached hydrogens (tertiary/aromatic N) is 2. The van der Waals surface area contributed by atoms with Crippen molar-refractivity contribution in [2.75, 3.05) is 17.4 Å². The summed E-state index contributed by atoms with van der Waals surface area (Å²) in [5, 5.41) is 2.90. The summed E-state index contributed by atoms with van der Waals surface area (Å²) in [6, 6.07) is 20.3. The van der Waals surface area contributed by atoms with Gasteiger partial charge in [-0.15, -0.1) is 0 Å². The van der Waals surface area contributed by atoms with Gasteiger partial charge in [0.25, 0.3) is 10.0 Å². The monoisotopic (exact) mass is 549 g/mol. The van der Waals surface area contributed by atoms with E-state index in [0.717, 1.165) is 26.6 Å². The fourth-order valence-electron chi connectivity index (χ4n) is 4.05. The van der Waals surface area contributed by atoms with Gasteiger partial charge >= 0.3 is 0 Å². The number of benzene rings is 3. The van der Waals surface area contributed by atoms with Crippen molar-refractivity contribution in [1.82, 2.24) is 10.2 Å². The predicted molar refractivity (Wildman–Crippen MR) is 156 cm³/mol. The molecule has 3 aromatic rings. The number of rotatable bonds is 11. The molecule has 3 aromatic carbocycles. The molecule has 0 fully saturated rings. The summed E-state index contributed by atoms with van der Waals surface area (Å²) in [5.41, 5.74) is 4.24. The summed E-state index contributed by atoms with van der Waals surface area (Å²) in [6.07, 6.45) is 0. The fourth-order valence-corrected chi connectivity index (χ4v) is 5.48. The number of nitrogens with one attached hydrogen (secondary N) is 1. The van der Waals surface area contributed by atoms with Crippen LogP contribution in [-0.2, 0) is 26.2 Å². The molecule has 1 unspecified atom stereocenters. The fraction of sp³-hybridized carbons (Fsp3) is 0.355. The molecule has 0 aliphatic rings. The minimum atomic E-state index is -4.07. The van der Waals surface area contributed by atoms with E-state index in [1.54, 1.807) is 37.3 Å². The van der Waals surface area contributed by atoms with E-state index < -0.39 is 28.5 Å². The van der Waals surface area contributed by atoms with Crippen molar-refractivity contribution in [3.8, 4) is 0 Å². The number of carbonyl (C=O) groups is 2. The Morgan fingerprint density at radius 1 is 0.846 bits per heavy atom. The van der Waals surface area contributed by atoms with Crippen molar-refractivity contribution in [2.24, 2.45) is 5.92 Å². The second kappa shape index (κ2) is 12.9. The maximum absolute atomic E-state index is 14.0. The maximum Gasteiger partial charge on any atom is 0.264 e. The largest absolute Gasteiger partial charge is 0.354 e. The highest BCUT2D eigenvalue weighted by molar-refractivity contribution is 7.92. The molecule has 0 saturated carbocycles. The Balaban J connectivity index is 2.02. The summed E-state index contributed by atoms with van der Waals surface area (Å²) in [4.78, 5) is 28.5. The van der Waals surface area contributed by atoms with Gasteiger partial charge in [0.2, 0.25) is 11.8 Å². The number of amides is 2. The van der Waals surface area contributed by atoms with Crippen LogP contribution in [0.25, 0.3) is 0 Å². The average molecular weight is 550 g/mol. The first kappa shape index (κ1) is 29.9. The van der Waals surface area contributed by atoms with Crippen LogP contribution in [0.1, 0.15) is 43.0 Å². The number of hydrogen-bond acceptors (Lipinski definition) is 4. The number of aryl methyl sites for hydroxylation is 3. The highest BCUT2D eigenvalue weighted by atomic mass is 32.2. The van der Waals surface area contributed by atoms with Crippen molar-refractivity contribution < 1.29 is 18.0 Å². The normalized spacial score (nSPS) is 12.2. The first-order valence-electron chi connectivity index (χ1n) is 13.2. The molecular formula is C31H39N3O4S. The Kier molecular flexibility index (Phi) is 9.92. The lowest BCUT2D eigenvalue weighted by atomic mass is 10.1. The van der Waals surface area contributed by atoms with E-state index in [1.165, 1.54) is 17.0 Å². The van der Waals surface area contributed by atoms with Crippen molar-refractivity contribution in [1.29, 1.82) is 0 Å². The molecule has 0 bridgehead atoms. The molecule has 0 aliphatic heterocycles. The van der Waals surface area contributed by atoms with E-state index >= 15 is 0 Å². The van der Waals surface area contributed by atoms with E-state index in [4.69, 9.17) is 0 Å². The molecule has 0 spiro atoms. The zero-order chi connectivity index (χ0) is 28.7. The van der Waals surface area contributed by atoms with E-state index in [1.807, 2.05) is 65.0 Å². The van der Waals surface area contributed by atoms with Gasteiger partial charge in [0.05, 0.1) is 10.6 Å². The SMILES string of the molecule is Cc1ccc(CN(C(=O)CN(c2ccc(C)c(C)c2)S(=O)(=O)c2ccccc2)C(C)C(=O)NCC(C)C)cc1. The van der Waals surface area contributed by atoms with Gasteiger partial charge in [-0.2, -0.15) is 0 Å². The lowest BCUT2D eigenvalue weighted by Gasteiger charge is -2.32. The van der Waals surface area contributed by atoms with Crippen LogP contribution in [-0.4, -0.2) is 44.3 Å². The van der Waals surface area contributed by atoms with Crippen molar-refractivity contribution in [2.45, 2.75) is 59.0 Å². The molecular weight excluding hydrogens is 510 g/mol. The molecule has 208 valence electrons. The van der Waals surface area contributed by atoms with Crippen LogP contribution in [0.5, 0.6) is 0 Å². The Labute approximate surface area is 232 Å². The standard InChI is InChI=1S/C31H39N3O4S/c1-22(2)19-32-31(36)26(6)33(20-27-15-12-23(3)13-16-27)30(35)21-34(28-17-14-24(4)25(5)18-28)39(37,38)29-10-8-7-9-11-29/h7-18,22,26H,19-21H2,1-6H3,(H,32,36). The quantitative estimate of drug-likeness (QED) is 0.365. The molecule has 3 rings (SSSR count). The summed E-state index contributed by atoms with van der Waals surface area (Å²) < 4.78 is 28.8. The highest BCUT2D eigenvalue weighted by Gasteiger charge is 2.32. The zero-order valence-electron chi connectivity index (χ0n) is 23.6. The summed E-state index contributed by atoms with van der Waals surface area (Å²) in [5.74, 6) is -0.507.